The first-order valence-corrected chi connectivity index (χ1v) is 7.79. The Bertz CT molecular complexity index is 889. The summed E-state index contributed by atoms with van der Waals surface area (Å²) in [5, 5.41) is 10.7. The molecular weight excluding hydrogens is 354 g/mol. The molecule has 0 saturated carbocycles. The van der Waals surface area contributed by atoms with Gasteiger partial charge in [0, 0.05) is 29.3 Å². The van der Waals surface area contributed by atoms with Crippen LogP contribution in [0.2, 0.25) is 0 Å². The zero-order chi connectivity index (χ0) is 19.8. The number of methoxy groups -OCH3 is 2. The lowest BCUT2D eigenvalue weighted by Gasteiger charge is -2.09. The summed E-state index contributed by atoms with van der Waals surface area (Å²) in [6.45, 7) is -0.528. The largest absolute Gasteiger partial charge is 0.493 e. The minimum absolute atomic E-state index is 0.0930. The van der Waals surface area contributed by atoms with Crippen molar-refractivity contribution >= 4 is 23.5 Å². The number of carbonyl (C=O) groups is 2. The topological polar surface area (TPSA) is 105 Å². The Morgan fingerprint density at radius 2 is 1.85 bits per heavy atom. The molecule has 2 rings (SSSR count). The standard InChI is InChI=1S/C19H17NO7/c1-25-17-8-4-5-13(19(17)26-2)9-10-18(22)27-12-16(21)14-6-3-7-15(11-14)20(23)24/h3-11H,12H2,1-2H3. The number of para-hydroxylation sites is 1. The highest BCUT2D eigenvalue weighted by molar-refractivity contribution is 5.99. The second-order valence-electron chi connectivity index (χ2n) is 5.25. The molecule has 27 heavy (non-hydrogen) atoms. The van der Waals surface area contributed by atoms with Crippen LogP contribution in [0.4, 0.5) is 5.69 Å². The van der Waals surface area contributed by atoms with Crippen LogP contribution in [-0.2, 0) is 9.53 Å². The molecular formula is C19H17NO7. The fraction of sp³-hybridized carbons (Fsp3) is 0.158. The maximum Gasteiger partial charge on any atom is 0.331 e. The average molecular weight is 371 g/mol. The van der Waals surface area contributed by atoms with E-state index in [-0.39, 0.29) is 11.3 Å². The third-order valence-electron chi connectivity index (χ3n) is 3.56. The smallest absolute Gasteiger partial charge is 0.331 e. The highest BCUT2D eigenvalue weighted by Gasteiger charge is 2.13. The number of carbonyl (C=O) groups excluding carboxylic acids is 2. The van der Waals surface area contributed by atoms with Gasteiger partial charge in [-0.05, 0) is 12.1 Å². The van der Waals surface area contributed by atoms with E-state index in [9.17, 15) is 19.7 Å². The highest BCUT2D eigenvalue weighted by Crippen LogP contribution is 2.31. The third-order valence-corrected chi connectivity index (χ3v) is 3.56. The molecule has 0 N–H and O–H groups in total. The zero-order valence-corrected chi connectivity index (χ0v) is 14.7. The van der Waals surface area contributed by atoms with Crippen LogP contribution in [0.15, 0.2) is 48.5 Å². The van der Waals surface area contributed by atoms with E-state index in [1.807, 2.05) is 0 Å². The minimum atomic E-state index is -0.737. The summed E-state index contributed by atoms with van der Waals surface area (Å²) in [5.41, 5.74) is 0.478. The number of esters is 1. The van der Waals surface area contributed by atoms with Crippen molar-refractivity contribution in [1.29, 1.82) is 0 Å². The van der Waals surface area contributed by atoms with E-state index in [0.717, 1.165) is 12.1 Å². The van der Waals surface area contributed by atoms with Crippen LogP contribution in [0, 0.1) is 10.1 Å². The molecule has 2 aromatic carbocycles. The van der Waals surface area contributed by atoms with Gasteiger partial charge in [0.15, 0.2) is 18.1 Å². The molecule has 0 aliphatic heterocycles. The number of rotatable bonds is 8. The first-order chi connectivity index (χ1) is 13.0. The summed E-state index contributed by atoms with van der Waals surface area (Å²) in [6.07, 6.45) is 2.62. The summed E-state index contributed by atoms with van der Waals surface area (Å²) >= 11 is 0. The van der Waals surface area contributed by atoms with Gasteiger partial charge in [-0.1, -0.05) is 24.3 Å². The molecule has 0 aromatic heterocycles. The normalized spacial score (nSPS) is 10.4. The third kappa shape index (κ3) is 5.15. The fourth-order valence-corrected chi connectivity index (χ4v) is 2.26. The van der Waals surface area contributed by atoms with Crippen LogP contribution in [0.25, 0.3) is 6.08 Å². The first kappa shape index (κ1) is 19.6. The quantitative estimate of drug-likeness (QED) is 0.231. The number of nitro benzene ring substituents is 1. The van der Waals surface area contributed by atoms with E-state index in [2.05, 4.69) is 0 Å². The number of ketones is 1. The van der Waals surface area contributed by atoms with Gasteiger partial charge >= 0.3 is 5.97 Å². The van der Waals surface area contributed by atoms with E-state index in [4.69, 9.17) is 14.2 Å². The summed E-state index contributed by atoms with van der Waals surface area (Å²) in [7, 11) is 2.98. The van der Waals surface area contributed by atoms with Crippen LogP contribution in [0.1, 0.15) is 15.9 Å². The van der Waals surface area contributed by atoms with Crippen LogP contribution < -0.4 is 9.47 Å². The molecule has 0 bridgehead atoms. The number of hydrogen-bond donors (Lipinski definition) is 0. The maximum atomic E-state index is 12.0. The van der Waals surface area contributed by atoms with Crippen LogP contribution in [-0.4, -0.2) is 37.5 Å². The van der Waals surface area contributed by atoms with Crippen molar-refractivity contribution < 1.29 is 28.7 Å². The van der Waals surface area contributed by atoms with E-state index < -0.39 is 23.3 Å². The minimum Gasteiger partial charge on any atom is -0.493 e. The Morgan fingerprint density at radius 3 is 2.52 bits per heavy atom. The second kappa shape index (κ2) is 9.14. The van der Waals surface area contributed by atoms with E-state index in [1.165, 1.54) is 38.5 Å². The highest BCUT2D eigenvalue weighted by atomic mass is 16.6. The van der Waals surface area contributed by atoms with E-state index in [0.29, 0.717) is 17.1 Å². The molecule has 0 radical (unpaired) electrons. The van der Waals surface area contributed by atoms with Gasteiger partial charge < -0.3 is 14.2 Å². The molecule has 0 unspecified atom stereocenters. The summed E-state index contributed by atoms with van der Waals surface area (Å²) < 4.78 is 15.3. The number of benzene rings is 2. The summed E-state index contributed by atoms with van der Waals surface area (Å²) in [5.74, 6) is -0.316. The number of Topliss-reactive ketones (excluding diaryl/α,β-unsaturated/α-hetero) is 1. The summed E-state index contributed by atoms with van der Waals surface area (Å²) in [6, 6.07) is 10.4. The van der Waals surface area contributed by atoms with Gasteiger partial charge in [0.2, 0.25) is 5.78 Å². The van der Waals surface area contributed by atoms with E-state index in [1.54, 1.807) is 18.2 Å². The fourth-order valence-electron chi connectivity index (χ4n) is 2.26. The van der Waals surface area contributed by atoms with Gasteiger partial charge in [0.25, 0.3) is 5.69 Å². The lowest BCUT2D eigenvalue weighted by atomic mass is 10.1. The Hall–Kier alpha value is -3.68. The van der Waals surface area contributed by atoms with Gasteiger partial charge in [-0.15, -0.1) is 0 Å². The lowest BCUT2D eigenvalue weighted by Crippen LogP contribution is -2.12. The molecule has 0 amide bonds. The van der Waals surface area contributed by atoms with Gasteiger partial charge in [-0.3, -0.25) is 14.9 Å². The van der Waals surface area contributed by atoms with Gasteiger partial charge in [-0.25, -0.2) is 4.79 Å². The lowest BCUT2D eigenvalue weighted by molar-refractivity contribution is -0.384. The SMILES string of the molecule is COc1cccc(C=CC(=O)OCC(=O)c2cccc([N+](=O)[O-])c2)c1OC. The van der Waals surface area contributed by atoms with Gasteiger partial charge in [0.1, 0.15) is 0 Å². The zero-order valence-electron chi connectivity index (χ0n) is 14.7. The molecule has 2 aromatic rings. The summed E-state index contributed by atoms with van der Waals surface area (Å²) in [4.78, 5) is 34.0. The van der Waals surface area contributed by atoms with Crippen molar-refractivity contribution in [2.24, 2.45) is 0 Å². The number of nitro groups is 1. The monoisotopic (exact) mass is 371 g/mol. The molecule has 0 heterocycles. The Labute approximate surface area is 155 Å². The van der Waals surface area contributed by atoms with Crippen molar-refractivity contribution in [3.8, 4) is 11.5 Å². The van der Waals surface area contributed by atoms with Crippen LogP contribution in [0.5, 0.6) is 11.5 Å². The van der Waals surface area contributed by atoms with E-state index >= 15 is 0 Å². The number of non-ortho nitro benzene ring substituents is 1. The molecule has 140 valence electrons. The Morgan fingerprint density at radius 1 is 1.11 bits per heavy atom. The average Bonchev–Trinajstić information content (AvgIpc) is 2.69. The van der Waals surface area contributed by atoms with Gasteiger partial charge in [0.05, 0.1) is 19.1 Å². The van der Waals surface area contributed by atoms with Crippen molar-refractivity contribution in [1.82, 2.24) is 0 Å². The van der Waals surface area contributed by atoms with Crippen molar-refractivity contribution in [3.63, 3.8) is 0 Å². The van der Waals surface area contributed by atoms with Crippen LogP contribution in [0.3, 0.4) is 0 Å². The number of ether oxygens (including phenoxy) is 3. The van der Waals surface area contributed by atoms with Gasteiger partial charge in [-0.2, -0.15) is 0 Å². The molecule has 0 saturated heterocycles. The molecule has 8 nitrogen and oxygen atoms in total. The molecule has 0 aliphatic carbocycles. The Kier molecular flexibility index (Phi) is 6.65. The predicted molar refractivity (Wildman–Crippen MR) is 97.0 cm³/mol. The van der Waals surface area contributed by atoms with Crippen molar-refractivity contribution in [2.75, 3.05) is 20.8 Å². The van der Waals surface area contributed by atoms with Crippen molar-refractivity contribution in [2.45, 2.75) is 0 Å². The van der Waals surface area contributed by atoms with Crippen molar-refractivity contribution in [3.05, 3.63) is 69.8 Å². The molecule has 0 fully saturated rings. The Balaban J connectivity index is 2.00. The molecule has 0 aliphatic rings. The molecule has 8 heteroatoms. The van der Waals surface area contributed by atoms with Crippen LogP contribution >= 0.6 is 0 Å². The number of nitrogens with zero attached hydrogens (tertiary/aromatic N) is 1. The molecule has 0 atom stereocenters. The second-order valence-corrected chi connectivity index (χ2v) is 5.25. The number of hydrogen-bond acceptors (Lipinski definition) is 7. The first-order valence-electron chi connectivity index (χ1n) is 7.79. The molecule has 0 spiro atoms. The predicted octanol–water partition coefficient (Wildman–Crippen LogP) is 3.05. The maximum absolute atomic E-state index is 12.0.